The van der Waals surface area contributed by atoms with Crippen molar-refractivity contribution in [2.75, 3.05) is 6.61 Å². The van der Waals surface area contributed by atoms with Crippen LogP contribution >= 0.6 is 0 Å². The Kier molecular flexibility index (Phi) is 7.15. The number of fused-ring (bicyclic) bond motifs is 2. The number of carboxylic acids is 1. The van der Waals surface area contributed by atoms with Crippen LogP contribution in [0.4, 0.5) is 8.78 Å². The topological polar surface area (TPSA) is 128 Å². The molecule has 0 amide bonds. The third kappa shape index (κ3) is 5.57. The van der Waals surface area contributed by atoms with E-state index in [0.29, 0.717) is 46.9 Å². The summed E-state index contributed by atoms with van der Waals surface area (Å²) in [6.07, 6.45) is 4.17. The third-order valence-electron chi connectivity index (χ3n) is 7.74. The lowest BCUT2D eigenvalue weighted by Crippen LogP contribution is -2.31. The Morgan fingerprint density at radius 2 is 1.93 bits per heavy atom. The van der Waals surface area contributed by atoms with Crippen molar-refractivity contribution >= 4 is 22.6 Å². The lowest BCUT2D eigenvalue weighted by Gasteiger charge is -2.27. The van der Waals surface area contributed by atoms with Crippen LogP contribution in [0.2, 0.25) is 0 Å². The molecule has 0 radical (unpaired) electrons. The zero-order valence-corrected chi connectivity index (χ0v) is 23.7. The van der Waals surface area contributed by atoms with Gasteiger partial charge in [0.25, 0.3) is 0 Å². The normalized spacial score (nSPS) is 14.4. The van der Waals surface area contributed by atoms with Crippen LogP contribution < -0.4 is 4.74 Å². The van der Waals surface area contributed by atoms with Crippen LogP contribution in [0.15, 0.2) is 73.1 Å². The molecule has 224 valence electrons. The van der Waals surface area contributed by atoms with Crippen LogP contribution in [0.1, 0.15) is 39.4 Å². The molecule has 10 nitrogen and oxygen atoms in total. The number of hydrogen-bond donors (Lipinski definition) is 1. The highest BCUT2D eigenvalue weighted by Gasteiger charge is 2.24. The maximum atomic E-state index is 15.5. The number of ether oxygens (including phenoxy) is 2. The van der Waals surface area contributed by atoms with E-state index in [1.807, 2.05) is 4.57 Å². The maximum absolute atomic E-state index is 15.5. The van der Waals surface area contributed by atoms with Gasteiger partial charge in [-0.15, -0.1) is 0 Å². The van der Waals surface area contributed by atoms with Gasteiger partial charge in [0, 0.05) is 37.1 Å². The molecule has 0 aliphatic carbocycles. The Morgan fingerprint density at radius 3 is 2.71 bits per heavy atom. The zero-order chi connectivity index (χ0) is 31.1. The molecule has 1 aliphatic heterocycles. The molecule has 1 aliphatic rings. The van der Waals surface area contributed by atoms with E-state index < -0.39 is 17.6 Å². The second-order valence-corrected chi connectivity index (χ2v) is 10.7. The highest BCUT2D eigenvalue weighted by molar-refractivity contribution is 5.92. The lowest BCUT2D eigenvalue weighted by atomic mass is 10.0. The number of rotatable bonds is 9. The molecule has 6 aromatic rings. The van der Waals surface area contributed by atoms with Crippen LogP contribution in [0.3, 0.4) is 0 Å². The molecule has 2 aromatic carbocycles. The van der Waals surface area contributed by atoms with Crippen molar-refractivity contribution in [2.24, 2.45) is 0 Å². The van der Waals surface area contributed by atoms with Crippen LogP contribution in [-0.2, 0) is 24.3 Å². The second-order valence-electron chi connectivity index (χ2n) is 10.7. The quantitative estimate of drug-likeness (QED) is 0.227. The zero-order valence-electron chi connectivity index (χ0n) is 23.7. The number of hydrogen-bond acceptors (Lipinski definition) is 7. The Labute approximate surface area is 254 Å². The van der Waals surface area contributed by atoms with Crippen molar-refractivity contribution in [2.45, 2.75) is 32.1 Å². The van der Waals surface area contributed by atoms with E-state index >= 15 is 8.78 Å². The number of halogens is 2. The van der Waals surface area contributed by atoms with Crippen LogP contribution in [-0.4, -0.2) is 47.7 Å². The number of nitriles is 1. The Balaban J connectivity index is 1.13. The number of imidazole rings is 2. The summed E-state index contributed by atoms with van der Waals surface area (Å²) in [5, 5.41) is 18.6. The first-order chi connectivity index (χ1) is 21.8. The van der Waals surface area contributed by atoms with E-state index in [9.17, 15) is 9.90 Å². The van der Waals surface area contributed by atoms with E-state index in [1.165, 1.54) is 12.1 Å². The average Bonchev–Trinajstić information content (AvgIpc) is 3.59. The van der Waals surface area contributed by atoms with E-state index in [4.69, 9.17) is 14.7 Å². The minimum atomic E-state index is -1.07. The molecule has 0 spiro atoms. The summed E-state index contributed by atoms with van der Waals surface area (Å²) >= 11 is 0. The second kappa shape index (κ2) is 11.4. The number of carboxylic acid groups (broad SMARTS) is 1. The first-order valence-electron chi connectivity index (χ1n) is 14.1. The molecular weight excluding hydrogens is 582 g/mol. The monoisotopic (exact) mass is 606 g/mol. The van der Waals surface area contributed by atoms with Gasteiger partial charge < -0.3 is 23.5 Å². The van der Waals surface area contributed by atoms with Crippen molar-refractivity contribution in [1.29, 1.82) is 5.26 Å². The van der Waals surface area contributed by atoms with Gasteiger partial charge in [-0.1, -0.05) is 6.07 Å². The van der Waals surface area contributed by atoms with Gasteiger partial charge in [0.15, 0.2) is 0 Å². The number of aromatic carboxylic acids is 1. The van der Waals surface area contributed by atoms with Gasteiger partial charge in [0.05, 0.1) is 46.2 Å². The van der Waals surface area contributed by atoms with Crippen LogP contribution in [0.5, 0.6) is 5.88 Å². The standard InChI is InChI=1S/C33H24F2N6O4/c34-25-13-24(27-2-1-3-32(39-27)45-18-22-16-40-15-19(14-36)4-7-30(40)37-22)26(35)10-21(25)12-31-38-28-6-5-20(33(42)43)11-29(28)41(31)17-23-8-9-44-23/h1-7,10-11,13,15-16,23H,8-9,12,17-18H2,(H,42,43). The van der Waals surface area contributed by atoms with Crippen molar-refractivity contribution < 1.29 is 28.2 Å². The molecule has 45 heavy (non-hydrogen) atoms. The summed E-state index contributed by atoms with van der Waals surface area (Å²) in [5.74, 6) is -1.69. The molecule has 4 aromatic heterocycles. The van der Waals surface area contributed by atoms with Gasteiger partial charge in [-0.3, -0.25) is 0 Å². The maximum Gasteiger partial charge on any atom is 0.335 e. The van der Waals surface area contributed by atoms with Gasteiger partial charge in [-0.05, 0) is 60.5 Å². The van der Waals surface area contributed by atoms with Gasteiger partial charge in [-0.2, -0.15) is 5.26 Å². The molecule has 7 rings (SSSR count). The van der Waals surface area contributed by atoms with Crippen LogP contribution in [0, 0.1) is 23.0 Å². The Bertz CT molecular complexity index is 2150. The summed E-state index contributed by atoms with van der Waals surface area (Å²) < 4.78 is 46.0. The number of nitrogens with zero attached hydrogens (tertiary/aromatic N) is 6. The fraction of sp³-hybridized carbons (Fsp3) is 0.182. The van der Waals surface area contributed by atoms with E-state index in [0.717, 1.165) is 18.6 Å². The average molecular weight is 607 g/mol. The van der Waals surface area contributed by atoms with Gasteiger partial charge in [0.2, 0.25) is 5.88 Å². The van der Waals surface area contributed by atoms with Crippen molar-refractivity contribution in [3.8, 4) is 23.2 Å². The first-order valence-corrected chi connectivity index (χ1v) is 14.1. The fourth-order valence-electron chi connectivity index (χ4n) is 5.34. The van der Waals surface area contributed by atoms with Crippen LogP contribution in [0.25, 0.3) is 27.9 Å². The highest BCUT2D eigenvalue weighted by atomic mass is 19.1. The van der Waals surface area contributed by atoms with Gasteiger partial charge in [0.1, 0.15) is 35.8 Å². The van der Waals surface area contributed by atoms with E-state index in [1.54, 1.807) is 53.2 Å². The van der Waals surface area contributed by atoms with E-state index in [2.05, 4.69) is 21.0 Å². The van der Waals surface area contributed by atoms with Gasteiger partial charge in [-0.25, -0.2) is 28.5 Å². The summed E-state index contributed by atoms with van der Waals surface area (Å²) in [6, 6.07) is 17.2. The van der Waals surface area contributed by atoms with Crippen molar-refractivity contribution in [1.82, 2.24) is 23.9 Å². The summed E-state index contributed by atoms with van der Waals surface area (Å²) in [4.78, 5) is 25.1. The summed E-state index contributed by atoms with van der Waals surface area (Å²) in [5.41, 5.74) is 3.28. The molecule has 5 heterocycles. The third-order valence-corrected chi connectivity index (χ3v) is 7.74. The summed E-state index contributed by atoms with van der Waals surface area (Å²) in [6.45, 7) is 1.14. The smallest absolute Gasteiger partial charge is 0.335 e. The molecule has 0 bridgehead atoms. The molecule has 1 saturated heterocycles. The number of aromatic nitrogens is 5. The lowest BCUT2D eigenvalue weighted by molar-refractivity contribution is -0.0589. The van der Waals surface area contributed by atoms with Crippen molar-refractivity contribution in [3.63, 3.8) is 0 Å². The molecule has 12 heteroatoms. The molecular formula is C33H24F2N6O4. The predicted octanol–water partition coefficient (Wildman–Crippen LogP) is 5.55. The first kappa shape index (κ1) is 28.1. The SMILES string of the molecule is N#Cc1ccc2nc(COc3cccc(-c4cc(F)c(Cc5nc6ccc(C(=O)O)cc6n5CC5CCO5)cc4F)n3)cn2c1. The van der Waals surface area contributed by atoms with E-state index in [-0.39, 0.29) is 47.4 Å². The minimum absolute atomic E-state index is 0.0156. The molecule has 1 atom stereocenters. The van der Waals surface area contributed by atoms with Gasteiger partial charge >= 0.3 is 5.97 Å². The minimum Gasteiger partial charge on any atom is -0.478 e. The largest absolute Gasteiger partial charge is 0.478 e. The predicted molar refractivity (Wildman–Crippen MR) is 158 cm³/mol. The Morgan fingerprint density at radius 1 is 1.07 bits per heavy atom. The Hall–Kier alpha value is -5.67. The summed E-state index contributed by atoms with van der Waals surface area (Å²) in [7, 11) is 0. The fourth-order valence-corrected chi connectivity index (χ4v) is 5.34. The molecule has 1 fully saturated rings. The number of pyridine rings is 2. The molecule has 1 unspecified atom stereocenters. The highest BCUT2D eigenvalue weighted by Crippen LogP contribution is 2.29. The van der Waals surface area contributed by atoms with Crippen molar-refractivity contribution in [3.05, 3.63) is 113 Å². The molecule has 1 N–H and O–H groups in total. The number of benzene rings is 2. The molecule has 0 saturated carbocycles. The number of carbonyl (C=O) groups is 1.